The number of aromatic nitrogens is 2. The van der Waals surface area contributed by atoms with Crippen LogP contribution in [-0.4, -0.2) is 33.6 Å². The van der Waals surface area contributed by atoms with Gasteiger partial charge >= 0.3 is 5.69 Å². The number of nitrogens with zero attached hydrogens (tertiary/aromatic N) is 4. The molecule has 27 heavy (non-hydrogen) atoms. The average molecular weight is 374 g/mol. The minimum Gasteiger partial charge on any atom is -0.469 e. The lowest BCUT2D eigenvalue weighted by Crippen LogP contribution is -2.35. The van der Waals surface area contributed by atoms with Gasteiger partial charge in [-0.05, 0) is 55.8 Å². The molecule has 1 aliphatic heterocycles. The van der Waals surface area contributed by atoms with Crippen LogP contribution in [0.2, 0.25) is 0 Å². The van der Waals surface area contributed by atoms with Crippen molar-refractivity contribution in [2.75, 3.05) is 11.4 Å². The van der Waals surface area contributed by atoms with E-state index in [1.807, 2.05) is 0 Å². The largest absolute Gasteiger partial charge is 0.469 e. The Morgan fingerprint density at radius 2 is 1.93 bits per heavy atom. The second-order valence-electron chi connectivity index (χ2n) is 9.83. The number of ether oxygens (including phenoxy) is 1. The minimum atomic E-state index is -0.358. The molecule has 7 heteroatoms. The van der Waals surface area contributed by atoms with Gasteiger partial charge in [-0.1, -0.05) is 27.2 Å². The lowest BCUT2D eigenvalue weighted by atomic mass is 9.65. The molecule has 4 rings (SSSR count). The number of nitro groups is 1. The highest BCUT2D eigenvalue weighted by Gasteiger charge is 2.51. The molecule has 1 saturated heterocycles. The van der Waals surface area contributed by atoms with E-state index >= 15 is 0 Å². The Bertz CT molecular complexity index is 732. The van der Waals surface area contributed by atoms with Crippen molar-refractivity contribution >= 4 is 11.5 Å². The van der Waals surface area contributed by atoms with Gasteiger partial charge in [-0.25, -0.2) is 4.98 Å². The molecule has 3 fully saturated rings. The lowest BCUT2D eigenvalue weighted by molar-refractivity contribution is -0.385. The molecule has 2 heterocycles. The van der Waals surface area contributed by atoms with E-state index in [9.17, 15) is 10.1 Å². The molecular formula is C20H30N4O3. The van der Waals surface area contributed by atoms with Crippen molar-refractivity contribution in [3.8, 4) is 5.88 Å². The summed E-state index contributed by atoms with van der Waals surface area (Å²) < 4.78 is 6.01. The van der Waals surface area contributed by atoms with E-state index in [2.05, 4.69) is 35.6 Å². The molecule has 2 unspecified atom stereocenters. The maximum atomic E-state index is 12.0. The van der Waals surface area contributed by atoms with Crippen molar-refractivity contribution in [2.24, 2.45) is 10.8 Å². The van der Waals surface area contributed by atoms with Crippen LogP contribution in [0.25, 0.3) is 0 Å². The van der Waals surface area contributed by atoms with Crippen LogP contribution in [0.15, 0.2) is 6.33 Å². The maximum Gasteiger partial charge on any atom is 0.372 e. The van der Waals surface area contributed by atoms with E-state index < -0.39 is 0 Å². The van der Waals surface area contributed by atoms with Crippen LogP contribution in [0.1, 0.15) is 72.1 Å². The van der Waals surface area contributed by atoms with Crippen LogP contribution < -0.4 is 9.64 Å². The number of hydrogen-bond acceptors (Lipinski definition) is 6. The Morgan fingerprint density at radius 1 is 1.19 bits per heavy atom. The number of hydrogen-bond donors (Lipinski definition) is 0. The summed E-state index contributed by atoms with van der Waals surface area (Å²) in [5.41, 5.74) is 0.364. The van der Waals surface area contributed by atoms with E-state index in [1.165, 1.54) is 12.7 Å². The molecule has 2 bridgehead atoms. The molecule has 1 aromatic rings. The smallest absolute Gasteiger partial charge is 0.372 e. The van der Waals surface area contributed by atoms with E-state index in [0.717, 1.165) is 51.5 Å². The Labute approximate surface area is 160 Å². The summed E-state index contributed by atoms with van der Waals surface area (Å²) in [6.07, 6.45) is 9.99. The van der Waals surface area contributed by atoms with E-state index in [0.29, 0.717) is 5.82 Å². The van der Waals surface area contributed by atoms with Crippen molar-refractivity contribution in [2.45, 2.75) is 84.3 Å². The molecule has 2 saturated carbocycles. The summed E-state index contributed by atoms with van der Waals surface area (Å²) in [5.74, 6) is 0.579. The highest BCUT2D eigenvalue weighted by molar-refractivity contribution is 5.64. The molecular weight excluding hydrogens is 344 g/mol. The number of rotatable bonds is 4. The van der Waals surface area contributed by atoms with E-state index in [-0.39, 0.29) is 39.5 Å². The summed E-state index contributed by atoms with van der Waals surface area (Å²) >= 11 is 0. The second-order valence-corrected chi connectivity index (χ2v) is 9.83. The summed E-state index contributed by atoms with van der Waals surface area (Å²) in [7, 11) is 0. The molecule has 3 aliphatic rings. The van der Waals surface area contributed by atoms with Crippen molar-refractivity contribution < 1.29 is 9.66 Å². The third-order valence-electron chi connectivity index (χ3n) is 6.47. The third kappa shape index (κ3) is 3.60. The fraction of sp³-hybridized carbons (Fsp3) is 0.800. The van der Waals surface area contributed by atoms with Crippen molar-refractivity contribution in [1.29, 1.82) is 0 Å². The summed E-state index contributed by atoms with van der Waals surface area (Å²) in [6, 6.07) is 0.287. The van der Waals surface area contributed by atoms with Crippen LogP contribution in [0, 0.1) is 20.9 Å². The molecule has 2 aliphatic carbocycles. The molecule has 0 spiro atoms. The maximum absolute atomic E-state index is 12.0. The summed E-state index contributed by atoms with van der Waals surface area (Å²) in [6.45, 7) is 7.70. The molecule has 148 valence electrons. The Kier molecular flexibility index (Phi) is 4.51. The molecule has 0 amide bonds. The standard InChI is InChI=1S/C20H30N4O3/c1-19(2)9-14-10-20(3,11-19)12-23(14)17-16(24(25)26)18(22-13-21-17)27-15-7-5-4-6-8-15/h13-15H,4-12H2,1-3H3. The summed E-state index contributed by atoms with van der Waals surface area (Å²) in [5, 5.41) is 12.0. The third-order valence-corrected chi connectivity index (χ3v) is 6.47. The normalized spacial score (nSPS) is 30.3. The first-order valence-corrected chi connectivity index (χ1v) is 10.2. The molecule has 0 aromatic carbocycles. The fourth-order valence-corrected chi connectivity index (χ4v) is 5.86. The lowest BCUT2D eigenvalue weighted by Gasteiger charge is -2.39. The van der Waals surface area contributed by atoms with Gasteiger partial charge < -0.3 is 9.64 Å². The second kappa shape index (κ2) is 6.60. The van der Waals surface area contributed by atoms with E-state index in [1.54, 1.807) is 0 Å². The zero-order chi connectivity index (χ0) is 19.2. The SMILES string of the molecule is CC1(C)CC2CC(C)(CN2c2ncnc(OC3CCCCC3)c2[N+](=O)[O-])C1. The van der Waals surface area contributed by atoms with Crippen LogP contribution in [0.3, 0.4) is 0 Å². The van der Waals surface area contributed by atoms with Gasteiger partial charge in [0.1, 0.15) is 12.4 Å². The Hall–Kier alpha value is -1.92. The molecule has 7 nitrogen and oxygen atoms in total. The molecule has 1 aromatic heterocycles. The van der Waals surface area contributed by atoms with Gasteiger partial charge in [0, 0.05) is 12.6 Å². The van der Waals surface area contributed by atoms with Gasteiger partial charge in [0.2, 0.25) is 5.82 Å². The van der Waals surface area contributed by atoms with Crippen LogP contribution in [0.4, 0.5) is 11.5 Å². The zero-order valence-corrected chi connectivity index (χ0v) is 16.6. The Morgan fingerprint density at radius 3 is 2.63 bits per heavy atom. The van der Waals surface area contributed by atoms with Crippen LogP contribution in [0.5, 0.6) is 5.88 Å². The fourth-order valence-electron chi connectivity index (χ4n) is 5.86. The number of anilines is 1. The predicted octanol–water partition coefficient (Wildman–Crippen LogP) is 4.50. The minimum absolute atomic E-state index is 0.0226. The van der Waals surface area contributed by atoms with Crippen molar-refractivity contribution in [3.63, 3.8) is 0 Å². The first kappa shape index (κ1) is 18.4. The van der Waals surface area contributed by atoms with Gasteiger partial charge in [0.05, 0.1) is 4.92 Å². The monoisotopic (exact) mass is 374 g/mol. The van der Waals surface area contributed by atoms with Gasteiger partial charge in [0.15, 0.2) is 0 Å². The topological polar surface area (TPSA) is 81.4 Å². The molecule has 0 N–H and O–H groups in total. The highest BCUT2D eigenvalue weighted by atomic mass is 16.6. The number of fused-ring (bicyclic) bond motifs is 2. The van der Waals surface area contributed by atoms with E-state index in [4.69, 9.17) is 4.74 Å². The van der Waals surface area contributed by atoms with Crippen LogP contribution >= 0.6 is 0 Å². The first-order valence-electron chi connectivity index (χ1n) is 10.2. The average Bonchev–Trinajstić information content (AvgIpc) is 2.84. The highest BCUT2D eigenvalue weighted by Crippen LogP contribution is 2.54. The summed E-state index contributed by atoms with van der Waals surface area (Å²) in [4.78, 5) is 22.3. The molecule has 0 radical (unpaired) electrons. The van der Waals surface area contributed by atoms with Crippen molar-refractivity contribution in [1.82, 2.24) is 9.97 Å². The predicted molar refractivity (Wildman–Crippen MR) is 103 cm³/mol. The quantitative estimate of drug-likeness (QED) is 0.570. The molecule has 2 atom stereocenters. The van der Waals surface area contributed by atoms with Gasteiger partial charge in [-0.15, -0.1) is 0 Å². The van der Waals surface area contributed by atoms with Crippen LogP contribution in [-0.2, 0) is 0 Å². The van der Waals surface area contributed by atoms with Gasteiger partial charge in [-0.2, -0.15) is 4.98 Å². The van der Waals surface area contributed by atoms with Gasteiger partial charge in [-0.3, -0.25) is 10.1 Å². The Balaban J connectivity index is 1.67. The van der Waals surface area contributed by atoms with Gasteiger partial charge in [0.25, 0.3) is 5.88 Å². The zero-order valence-electron chi connectivity index (χ0n) is 16.6. The van der Waals surface area contributed by atoms with Crippen molar-refractivity contribution in [3.05, 3.63) is 16.4 Å². The first-order chi connectivity index (χ1) is 12.8.